The maximum Gasteiger partial charge on any atom is 0.161 e. The lowest BCUT2D eigenvalue weighted by molar-refractivity contribution is 0.122. The molecule has 0 radical (unpaired) electrons. The first-order chi connectivity index (χ1) is 11.1. The third-order valence-corrected chi connectivity index (χ3v) is 4.75. The molecule has 1 aliphatic rings. The van der Waals surface area contributed by atoms with Gasteiger partial charge in [-0.05, 0) is 44.7 Å². The van der Waals surface area contributed by atoms with E-state index >= 15 is 0 Å². The number of aliphatic hydroxyl groups excluding tert-OH is 1. The second-order valence-corrected chi connectivity index (χ2v) is 6.33. The zero-order chi connectivity index (χ0) is 16.2. The molecule has 5 nitrogen and oxygen atoms in total. The Morgan fingerprint density at radius 2 is 1.87 bits per heavy atom. The van der Waals surface area contributed by atoms with Gasteiger partial charge in [-0.15, -0.1) is 0 Å². The molecule has 0 saturated heterocycles. The van der Waals surface area contributed by atoms with Crippen LogP contribution in [-0.4, -0.2) is 32.7 Å². The van der Waals surface area contributed by atoms with Crippen LogP contribution in [0, 0.1) is 19.8 Å². The standard InChI is InChI=1S/C18H24N4O/c1-12-13(2)21-18(15-7-9-19-10-8-15)22-17(12)20-11-16(23)14-5-3-4-6-14/h7-10,14,16,23H,3-6,11H2,1-2H3,(H,20,21,22). The first-order valence-corrected chi connectivity index (χ1v) is 8.32. The lowest BCUT2D eigenvalue weighted by Gasteiger charge is -2.19. The Hall–Kier alpha value is -2.01. The van der Waals surface area contributed by atoms with Crippen molar-refractivity contribution in [3.8, 4) is 11.4 Å². The van der Waals surface area contributed by atoms with Crippen LogP contribution < -0.4 is 5.32 Å². The molecule has 3 rings (SSSR count). The molecular formula is C18H24N4O. The molecular weight excluding hydrogens is 288 g/mol. The summed E-state index contributed by atoms with van der Waals surface area (Å²) < 4.78 is 0. The molecule has 0 amide bonds. The summed E-state index contributed by atoms with van der Waals surface area (Å²) in [6, 6.07) is 3.81. The zero-order valence-electron chi connectivity index (χ0n) is 13.8. The van der Waals surface area contributed by atoms with Gasteiger partial charge in [0.05, 0.1) is 6.10 Å². The summed E-state index contributed by atoms with van der Waals surface area (Å²) >= 11 is 0. The normalized spacial score (nSPS) is 16.5. The molecule has 2 heterocycles. The molecule has 5 heteroatoms. The molecule has 1 aliphatic carbocycles. The van der Waals surface area contributed by atoms with Crippen LogP contribution in [0.4, 0.5) is 5.82 Å². The van der Waals surface area contributed by atoms with Crippen molar-refractivity contribution in [1.29, 1.82) is 0 Å². The van der Waals surface area contributed by atoms with E-state index in [-0.39, 0.29) is 6.10 Å². The lowest BCUT2D eigenvalue weighted by Crippen LogP contribution is -2.27. The second kappa shape index (κ2) is 7.04. The van der Waals surface area contributed by atoms with Gasteiger partial charge in [0.2, 0.25) is 0 Å². The summed E-state index contributed by atoms with van der Waals surface area (Å²) in [5.41, 5.74) is 2.92. The first kappa shape index (κ1) is 15.9. The molecule has 23 heavy (non-hydrogen) atoms. The molecule has 1 unspecified atom stereocenters. The van der Waals surface area contributed by atoms with E-state index in [9.17, 15) is 5.11 Å². The Bertz CT molecular complexity index is 654. The van der Waals surface area contributed by atoms with E-state index in [0.717, 1.165) is 35.5 Å². The fraction of sp³-hybridized carbons (Fsp3) is 0.500. The number of anilines is 1. The van der Waals surface area contributed by atoms with Gasteiger partial charge in [0.25, 0.3) is 0 Å². The third kappa shape index (κ3) is 3.67. The topological polar surface area (TPSA) is 70.9 Å². The number of hydrogen-bond donors (Lipinski definition) is 2. The minimum Gasteiger partial charge on any atom is -0.391 e. The van der Waals surface area contributed by atoms with Crippen molar-refractivity contribution in [2.75, 3.05) is 11.9 Å². The molecule has 122 valence electrons. The van der Waals surface area contributed by atoms with Crippen LogP contribution in [0.25, 0.3) is 11.4 Å². The lowest BCUT2D eigenvalue weighted by atomic mass is 10.0. The van der Waals surface area contributed by atoms with Crippen LogP contribution in [-0.2, 0) is 0 Å². The van der Waals surface area contributed by atoms with Crippen LogP contribution in [0.2, 0.25) is 0 Å². The van der Waals surface area contributed by atoms with Gasteiger partial charge in [-0.3, -0.25) is 4.98 Å². The highest BCUT2D eigenvalue weighted by atomic mass is 16.3. The highest BCUT2D eigenvalue weighted by Gasteiger charge is 2.23. The zero-order valence-corrected chi connectivity index (χ0v) is 13.8. The fourth-order valence-corrected chi connectivity index (χ4v) is 3.14. The van der Waals surface area contributed by atoms with E-state index in [4.69, 9.17) is 0 Å². The molecule has 0 aliphatic heterocycles. The summed E-state index contributed by atoms with van der Waals surface area (Å²) in [6.45, 7) is 4.54. The molecule has 0 aromatic carbocycles. The van der Waals surface area contributed by atoms with Crippen molar-refractivity contribution in [1.82, 2.24) is 15.0 Å². The predicted molar refractivity (Wildman–Crippen MR) is 91.2 cm³/mol. The summed E-state index contributed by atoms with van der Waals surface area (Å²) in [5, 5.41) is 13.7. The fourth-order valence-electron chi connectivity index (χ4n) is 3.14. The molecule has 0 spiro atoms. The third-order valence-electron chi connectivity index (χ3n) is 4.75. The highest BCUT2D eigenvalue weighted by Crippen LogP contribution is 2.28. The Balaban J connectivity index is 1.77. The van der Waals surface area contributed by atoms with E-state index in [0.29, 0.717) is 18.3 Å². The average Bonchev–Trinajstić information content (AvgIpc) is 3.11. The molecule has 1 saturated carbocycles. The monoisotopic (exact) mass is 312 g/mol. The van der Waals surface area contributed by atoms with Crippen molar-refractivity contribution in [3.63, 3.8) is 0 Å². The number of aryl methyl sites for hydroxylation is 1. The van der Waals surface area contributed by atoms with E-state index in [2.05, 4.69) is 20.3 Å². The van der Waals surface area contributed by atoms with Crippen molar-refractivity contribution >= 4 is 5.82 Å². The number of pyridine rings is 1. The van der Waals surface area contributed by atoms with E-state index in [1.165, 1.54) is 12.8 Å². The number of nitrogens with zero attached hydrogens (tertiary/aromatic N) is 3. The first-order valence-electron chi connectivity index (χ1n) is 8.32. The maximum absolute atomic E-state index is 10.3. The molecule has 2 N–H and O–H groups in total. The van der Waals surface area contributed by atoms with Crippen LogP contribution >= 0.6 is 0 Å². The molecule has 1 fully saturated rings. The molecule has 2 aromatic heterocycles. The SMILES string of the molecule is Cc1nc(-c2ccncc2)nc(NCC(O)C2CCCC2)c1C. The van der Waals surface area contributed by atoms with Crippen LogP contribution in [0.5, 0.6) is 0 Å². The Morgan fingerprint density at radius 1 is 1.17 bits per heavy atom. The van der Waals surface area contributed by atoms with Crippen molar-refractivity contribution in [3.05, 3.63) is 35.8 Å². The van der Waals surface area contributed by atoms with Gasteiger partial charge in [-0.1, -0.05) is 12.8 Å². The van der Waals surface area contributed by atoms with Crippen LogP contribution in [0.15, 0.2) is 24.5 Å². The summed E-state index contributed by atoms with van der Waals surface area (Å²) in [6.07, 6.45) is 7.91. The summed E-state index contributed by atoms with van der Waals surface area (Å²) in [7, 11) is 0. The maximum atomic E-state index is 10.3. The number of nitrogens with one attached hydrogen (secondary N) is 1. The Kier molecular flexibility index (Phi) is 4.86. The number of rotatable bonds is 5. The quantitative estimate of drug-likeness (QED) is 0.887. The van der Waals surface area contributed by atoms with E-state index < -0.39 is 0 Å². The molecule has 1 atom stereocenters. The van der Waals surface area contributed by atoms with Crippen molar-refractivity contribution in [2.24, 2.45) is 5.92 Å². The highest BCUT2D eigenvalue weighted by molar-refractivity contribution is 5.59. The summed E-state index contributed by atoms with van der Waals surface area (Å²) in [5.74, 6) is 1.92. The van der Waals surface area contributed by atoms with Gasteiger partial charge in [-0.25, -0.2) is 9.97 Å². The number of aromatic nitrogens is 3. The second-order valence-electron chi connectivity index (χ2n) is 6.33. The van der Waals surface area contributed by atoms with Gasteiger partial charge >= 0.3 is 0 Å². The minimum absolute atomic E-state index is 0.309. The Labute approximate surface area is 137 Å². The van der Waals surface area contributed by atoms with Gasteiger partial charge < -0.3 is 10.4 Å². The van der Waals surface area contributed by atoms with Crippen molar-refractivity contribution in [2.45, 2.75) is 45.6 Å². The van der Waals surface area contributed by atoms with Gasteiger partial charge in [0, 0.05) is 35.8 Å². The average molecular weight is 312 g/mol. The van der Waals surface area contributed by atoms with Crippen LogP contribution in [0.1, 0.15) is 36.9 Å². The smallest absolute Gasteiger partial charge is 0.161 e. The minimum atomic E-state index is -0.309. The van der Waals surface area contributed by atoms with E-state index in [1.54, 1.807) is 12.4 Å². The summed E-state index contributed by atoms with van der Waals surface area (Å²) in [4.78, 5) is 13.2. The molecule has 0 bridgehead atoms. The molecule has 2 aromatic rings. The van der Waals surface area contributed by atoms with Crippen LogP contribution in [0.3, 0.4) is 0 Å². The van der Waals surface area contributed by atoms with E-state index in [1.807, 2.05) is 26.0 Å². The Morgan fingerprint density at radius 3 is 2.57 bits per heavy atom. The largest absolute Gasteiger partial charge is 0.391 e. The number of aliphatic hydroxyl groups is 1. The van der Waals surface area contributed by atoms with Crippen molar-refractivity contribution < 1.29 is 5.11 Å². The van der Waals surface area contributed by atoms with Gasteiger partial charge in [0.15, 0.2) is 5.82 Å². The predicted octanol–water partition coefficient (Wildman–Crippen LogP) is 3.12. The van der Waals surface area contributed by atoms with Gasteiger partial charge in [0.1, 0.15) is 5.82 Å². The number of hydrogen-bond acceptors (Lipinski definition) is 5. The van der Waals surface area contributed by atoms with Gasteiger partial charge in [-0.2, -0.15) is 0 Å².